The highest BCUT2D eigenvalue weighted by Crippen LogP contribution is 2.18. The monoisotopic (exact) mass is 387 g/mol. The Morgan fingerprint density at radius 2 is 1.93 bits per heavy atom. The van der Waals surface area contributed by atoms with Gasteiger partial charge in [-0.3, -0.25) is 14.7 Å². The Balaban J connectivity index is 1.27. The molecule has 3 rings (SSSR count). The first-order valence-corrected chi connectivity index (χ1v) is 10.4. The Morgan fingerprint density at radius 1 is 1.18 bits per heavy atom. The van der Waals surface area contributed by atoms with E-state index < -0.39 is 0 Å². The van der Waals surface area contributed by atoms with Gasteiger partial charge in [0.25, 0.3) is 0 Å². The van der Waals surface area contributed by atoms with Gasteiger partial charge in [0.1, 0.15) is 12.4 Å². The molecule has 1 saturated carbocycles. The molecule has 7 heteroatoms. The molecule has 0 spiro atoms. The zero-order chi connectivity index (χ0) is 19.6. The third-order valence-electron chi connectivity index (χ3n) is 5.11. The van der Waals surface area contributed by atoms with Crippen molar-refractivity contribution in [1.29, 1.82) is 0 Å². The number of benzene rings is 1. The van der Waals surface area contributed by atoms with Crippen molar-refractivity contribution in [2.45, 2.75) is 31.7 Å². The predicted molar refractivity (Wildman–Crippen MR) is 112 cm³/mol. The standard InChI is InChI=1S/C21H33N5O2/c1-22-21(23-11-5-8-20(27)24-18-9-10-18)26-14-12-25(13-15-26)16-17-28-19-6-3-2-4-7-19/h2-4,6-7,18H,5,8-17H2,1H3,(H,22,23)(H,24,27). The van der Waals surface area contributed by atoms with Gasteiger partial charge >= 0.3 is 0 Å². The first-order chi connectivity index (χ1) is 13.7. The van der Waals surface area contributed by atoms with Crippen molar-refractivity contribution in [2.24, 2.45) is 4.99 Å². The maximum absolute atomic E-state index is 11.7. The first-order valence-electron chi connectivity index (χ1n) is 10.4. The Bertz CT molecular complexity index is 625. The quantitative estimate of drug-likeness (QED) is 0.380. The second kappa shape index (κ2) is 10.9. The molecule has 0 atom stereocenters. The molecule has 2 fully saturated rings. The van der Waals surface area contributed by atoms with Gasteiger partial charge in [-0.25, -0.2) is 0 Å². The fourth-order valence-electron chi connectivity index (χ4n) is 3.30. The lowest BCUT2D eigenvalue weighted by atomic mass is 10.3. The van der Waals surface area contributed by atoms with Gasteiger partial charge in [0, 0.05) is 58.8 Å². The van der Waals surface area contributed by atoms with Crippen molar-refractivity contribution in [3.05, 3.63) is 30.3 Å². The minimum atomic E-state index is 0.172. The van der Waals surface area contributed by atoms with E-state index in [9.17, 15) is 4.79 Å². The maximum atomic E-state index is 11.7. The largest absolute Gasteiger partial charge is 0.492 e. The fraction of sp³-hybridized carbons (Fsp3) is 0.619. The Kier molecular flexibility index (Phi) is 7.96. The van der Waals surface area contributed by atoms with Crippen molar-refractivity contribution in [3.63, 3.8) is 0 Å². The average Bonchev–Trinajstić information content (AvgIpc) is 3.53. The first kappa shape index (κ1) is 20.5. The molecule has 0 radical (unpaired) electrons. The molecule has 0 bridgehead atoms. The number of carbonyl (C=O) groups excluding carboxylic acids is 1. The van der Waals surface area contributed by atoms with Crippen LogP contribution in [-0.2, 0) is 4.79 Å². The number of guanidine groups is 1. The summed E-state index contributed by atoms with van der Waals surface area (Å²) >= 11 is 0. The molecule has 0 aromatic heterocycles. The summed E-state index contributed by atoms with van der Waals surface area (Å²) < 4.78 is 5.79. The van der Waals surface area contributed by atoms with Crippen molar-refractivity contribution < 1.29 is 9.53 Å². The highest BCUT2D eigenvalue weighted by Gasteiger charge is 2.23. The van der Waals surface area contributed by atoms with Gasteiger partial charge in [0.15, 0.2) is 5.96 Å². The summed E-state index contributed by atoms with van der Waals surface area (Å²) in [6, 6.07) is 10.4. The van der Waals surface area contributed by atoms with Gasteiger partial charge in [-0.2, -0.15) is 0 Å². The third kappa shape index (κ3) is 7.03. The normalized spacial score (nSPS) is 18.0. The van der Waals surface area contributed by atoms with Gasteiger partial charge < -0.3 is 20.3 Å². The summed E-state index contributed by atoms with van der Waals surface area (Å²) in [5.41, 5.74) is 0. The molecule has 7 nitrogen and oxygen atoms in total. The number of ether oxygens (including phenoxy) is 1. The number of hydrogen-bond donors (Lipinski definition) is 2. The van der Waals surface area contributed by atoms with Crippen LogP contribution in [0.25, 0.3) is 0 Å². The van der Waals surface area contributed by atoms with Gasteiger partial charge in [0.05, 0.1) is 0 Å². The lowest BCUT2D eigenvalue weighted by Gasteiger charge is -2.36. The second-order valence-corrected chi connectivity index (χ2v) is 7.41. The molecule has 28 heavy (non-hydrogen) atoms. The number of rotatable bonds is 9. The molecular formula is C21H33N5O2. The Morgan fingerprint density at radius 3 is 2.61 bits per heavy atom. The van der Waals surface area contributed by atoms with Crippen LogP contribution < -0.4 is 15.4 Å². The molecule has 1 aliphatic heterocycles. The van der Waals surface area contributed by atoms with E-state index in [4.69, 9.17) is 4.74 Å². The smallest absolute Gasteiger partial charge is 0.220 e. The van der Waals surface area contributed by atoms with Crippen molar-refractivity contribution in [1.82, 2.24) is 20.4 Å². The number of carbonyl (C=O) groups is 1. The average molecular weight is 388 g/mol. The van der Waals surface area contributed by atoms with E-state index in [1.807, 2.05) is 37.4 Å². The van der Waals surface area contributed by atoms with E-state index in [0.29, 0.717) is 19.1 Å². The number of nitrogens with zero attached hydrogens (tertiary/aromatic N) is 3. The highest BCUT2D eigenvalue weighted by molar-refractivity contribution is 5.80. The predicted octanol–water partition coefficient (Wildman–Crippen LogP) is 1.32. The topological polar surface area (TPSA) is 69.2 Å². The molecule has 1 aliphatic carbocycles. The van der Waals surface area contributed by atoms with Crippen LogP contribution in [0.4, 0.5) is 0 Å². The molecule has 1 saturated heterocycles. The maximum Gasteiger partial charge on any atom is 0.220 e. The van der Waals surface area contributed by atoms with E-state index in [1.165, 1.54) is 0 Å². The number of para-hydroxylation sites is 1. The van der Waals surface area contributed by atoms with E-state index >= 15 is 0 Å². The van der Waals surface area contributed by atoms with Crippen LogP contribution in [0.2, 0.25) is 0 Å². The molecule has 1 aromatic rings. The van der Waals surface area contributed by atoms with Crippen molar-refractivity contribution in [2.75, 3.05) is 52.9 Å². The Labute approximate surface area is 168 Å². The molecule has 1 heterocycles. The number of aliphatic imine (C=N–C) groups is 1. The van der Waals surface area contributed by atoms with Crippen molar-refractivity contribution in [3.8, 4) is 5.75 Å². The highest BCUT2D eigenvalue weighted by atomic mass is 16.5. The van der Waals surface area contributed by atoms with E-state index in [-0.39, 0.29) is 5.91 Å². The number of amides is 1. The molecule has 1 aromatic carbocycles. The minimum Gasteiger partial charge on any atom is -0.492 e. The summed E-state index contributed by atoms with van der Waals surface area (Å²) in [6.07, 6.45) is 3.69. The van der Waals surface area contributed by atoms with Gasteiger partial charge in [-0.05, 0) is 31.4 Å². The zero-order valence-corrected chi connectivity index (χ0v) is 16.9. The van der Waals surface area contributed by atoms with Crippen LogP contribution in [0, 0.1) is 0 Å². The fourth-order valence-corrected chi connectivity index (χ4v) is 3.30. The van der Waals surface area contributed by atoms with Gasteiger partial charge in [-0.15, -0.1) is 0 Å². The molecule has 2 N–H and O–H groups in total. The van der Waals surface area contributed by atoms with E-state index in [1.54, 1.807) is 0 Å². The SMILES string of the molecule is CN=C(NCCCC(=O)NC1CC1)N1CCN(CCOc2ccccc2)CC1. The van der Waals surface area contributed by atoms with Crippen LogP contribution in [0.3, 0.4) is 0 Å². The Hall–Kier alpha value is -2.28. The summed E-state index contributed by atoms with van der Waals surface area (Å²) in [7, 11) is 1.82. The third-order valence-corrected chi connectivity index (χ3v) is 5.11. The lowest BCUT2D eigenvalue weighted by molar-refractivity contribution is -0.121. The lowest BCUT2D eigenvalue weighted by Crippen LogP contribution is -2.53. The van der Waals surface area contributed by atoms with Gasteiger partial charge in [0.2, 0.25) is 5.91 Å². The summed E-state index contributed by atoms with van der Waals surface area (Å²) in [4.78, 5) is 20.8. The summed E-state index contributed by atoms with van der Waals surface area (Å²) in [5.74, 6) is 2.03. The van der Waals surface area contributed by atoms with Crippen LogP contribution >= 0.6 is 0 Å². The number of piperazine rings is 1. The summed E-state index contributed by atoms with van der Waals surface area (Å²) in [5, 5.41) is 6.42. The zero-order valence-electron chi connectivity index (χ0n) is 16.9. The number of hydrogen-bond acceptors (Lipinski definition) is 4. The van der Waals surface area contributed by atoms with E-state index in [2.05, 4.69) is 25.4 Å². The molecule has 1 amide bonds. The van der Waals surface area contributed by atoms with Crippen LogP contribution in [0.1, 0.15) is 25.7 Å². The molecule has 154 valence electrons. The minimum absolute atomic E-state index is 0.172. The van der Waals surface area contributed by atoms with Crippen LogP contribution in [0.5, 0.6) is 5.75 Å². The van der Waals surface area contributed by atoms with Gasteiger partial charge in [-0.1, -0.05) is 18.2 Å². The van der Waals surface area contributed by atoms with E-state index in [0.717, 1.165) is 70.2 Å². The second-order valence-electron chi connectivity index (χ2n) is 7.41. The van der Waals surface area contributed by atoms with Crippen molar-refractivity contribution >= 4 is 11.9 Å². The molecule has 2 aliphatic rings. The van der Waals surface area contributed by atoms with Crippen LogP contribution in [0.15, 0.2) is 35.3 Å². The molecule has 0 unspecified atom stereocenters. The molecular weight excluding hydrogens is 354 g/mol. The summed E-state index contributed by atoms with van der Waals surface area (Å²) in [6.45, 7) is 6.33. The van der Waals surface area contributed by atoms with Crippen LogP contribution in [-0.4, -0.2) is 80.6 Å². The number of nitrogens with one attached hydrogen (secondary N) is 2.